The van der Waals surface area contributed by atoms with Crippen LogP contribution in [0, 0.1) is 5.92 Å². The molecule has 1 heterocycles. The number of aliphatic hydroxyl groups is 1. The summed E-state index contributed by atoms with van der Waals surface area (Å²) in [6, 6.07) is 0. The van der Waals surface area contributed by atoms with Crippen molar-refractivity contribution in [3.8, 4) is 0 Å². The van der Waals surface area contributed by atoms with Crippen LogP contribution < -0.4 is 0 Å². The number of hydrogen-bond donors (Lipinski definition) is 1. The van der Waals surface area contributed by atoms with Gasteiger partial charge >= 0.3 is 0 Å². The zero-order chi connectivity index (χ0) is 10.8. The second-order valence-corrected chi connectivity index (χ2v) is 4.75. The molecule has 1 aliphatic heterocycles. The highest BCUT2D eigenvalue weighted by Crippen LogP contribution is 2.37. The van der Waals surface area contributed by atoms with Crippen molar-refractivity contribution in [1.82, 2.24) is 0 Å². The molecule has 0 saturated carbocycles. The maximum Gasteiger partial charge on any atom is 0.0932 e. The van der Waals surface area contributed by atoms with Crippen LogP contribution >= 0.6 is 0 Å². The normalized spacial score (nSPS) is 24.6. The summed E-state index contributed by atoms with van der Waals surface area (Å²) in [4.78, 5) is 0. The van der Waals surface area contributed by atoms with E-state index in [4.69, 9.17) is 9.47 Å². The monoisotopic (exact) mass is 202 g/mol. The van der Waals surface area contributed by atoms with Crippen molar-refractivity contribution >= 4 is 0 Å². The summed E-state index contributed by atoms with van der Waals surface area (Å²) in [7, 11) is 1.65. The fourth-order valence-electron chi connectivity index (χ4n) is 1.96. The first-order chi connectivity index (χ1) is 6.42. The van der Waals surface area contributed by atoms with Crippen LogP contribution in [0.5, 0.6) is 0 Å². The Labute approximate surface area is 86.4 Å². The number of ether oxygens (including phenoxy) is 2. The Kier molecular flexibility index (Phi) is 3.56. The highest BCUT2D eigenvalue weighted by molar-refractivity contribution is 4.97. The standard InChI is InChI=1S/C11H22O3/c1-10(2,13-4)11(3,12)9-5-7-14-8-6-9/h9,12H,5-8H2,1-4H3. The van der Waals surface area contributed by atoms with Gasteiger partial charge in [0.1, 0.15) is 0 Å². The summed E-state index contributed by atoms with van der Waals surface area (Å²) in [5, 5.41) is 10.5. The van der Waals surface area contributed by atoms with Crippen LogP contribution in [0.1, 0.15) is 33.6 Å². The van der Waals surface area contributed by atoms with E-state index < -0.39 is 11.2 Å². The van der Waals surface area contributed by atoms with E-state index >= 15 is 0 Å². The third-order valence-electron chi connectivity index (χ3n) is 3.75. The topological polar surface area (TPSA) is 38.7 Å². The summed E-state index contributed by atoms with van der Waals surface area (Å²) in [6.45, 7) is 7.23. The molecule has 1 aliphatic rings. The fourth-order valence-corrected chi connectivity index (χ4v) is 1.96. The van der Waals surface area contributed by atoms with Crippen LogP contribution in [-0.4, -0.2) is 36.6 Å². The smallest absolute Gasteiger partial charge is 0.0932 e. The van der Waals surface area contributed by atoms with Crippen molar-refractivity contribution < 1.29 is 14.6 Å². The van der Waals surface area contributed by atoms with E-state index in [-0.39, 0.29) is 5.92 Å². The molecule has 1 N–H and O–H groups in total. The Morgan fingerprint density at radius 3 is 2.14 bits per heavy atom. The Bertz CT molecular complexity index is 181. The highest BCUT2D eigenvalue weighted by atomic mass is 16.5. The van der Waals surface area contributed by atoms with E-state index in [2.05, 4.69) is 0 Å². The first-order valence-electron chi connectivity index (χ1n) is 5.27. The van der Waals surface area contributed by atoms with Crippen LogP contribution in [0.3, 0.4) is 0 Å². The van der Waals surface area contributed by atoms with Gasteiger partial charge in [-0.1, -0.05) is 0 Å². The first-order valence-corrected chi connectivity index (χ1v) is 5.27. The minimum Gasteiger partial charge on any atom is -0.387 e. The minimum absolute atomic E-state index is 0.270. The third-order valence-corrected chi connectivity index (χ3v) is 3.75. The lowest BCUT2D eigenvalue weighted by Gasteiger charge is -2.45. The molecule has 0 bridgehead atoms. The predicted molar refractivity (Wildman–Crippen MR) is 55.3 cm³/mol. The Balaban J connectivity index is 2.71. The molecular weight excluding hydrogens is 180 g/mol. The molecule has 0 amide bonds. The molecule has 1 unspecified atom stereocenters. The number of rotatable bonds is 3. The lowest BCUT2D eigenvalue weighted by molar-refractivity contribution is -0.181. The summed E-state index contributed by atoms with van der Waals surface area (Å²) >= 11 is 0. The van der Waals surface area contributed by atoms with E-state index in [0.29, 0.717) is 0 Å². The molecule has 0 aliphatic carbocycles. The molecule has 84 valence electrons. The SMILES string of the molecule is COC(C)(C)C(C)(O)C1CCOCC1. The van der Waals surface area contributed by atoms with Gasteiger partial charge in [-0.05, 0) is 39.5 Å². The van der Waals surface area contributed by atoms with Gasteiger partial charge in [0.05, 0.1) is 11.2 Å². The second-order valence-electron chi connectivity index (χ2n) is 4.75. The van der Waals surface area contributed by atoms with Gasteiger partial charge in [-0.3, -0.25) is 0 Å². The molecule has 3 nitrogen and oxygen atoms in total. The van der Waals surface area contributed by atoms with E-state index in [1.54, 1.807) is 7.11 Å². The molecule has 1 atom stereocenters. The summed E-state index contributed by atoms with van der Waals surface area (Å²) < 4.78 is 10.7. The van der Waals surface area contributed by atoms with Crippen molar-refractivity contribution in [1.29, 1.82) is 0 Å². The zero-order valence-corrected chi connectivity index (χ0v) is 9.67. The molecule has 0 radical (unpaired) electrons. The molecule has 0 aromatic carbocycles. The molecular formula is C11H22O3. The predicted octanol–water partition coefficient (Wildman–Crippen LogP) is 1.59. The summed E-state index contributed by atoms with van der Waals surface area (Å²) in [6.07, 6.45) is 1.83. The maximum atomic E-state index is 10.5. The largest absolute Gasteiger partial charge is 0.387 e. The second kappa shape index (κ2) is 4.17. The third kappa shape index (κ3) is 2.10. The Hall–Kier alpha value is -0.120. The molecule has 14 heavy (non-hydrogen) atoms. The quantitative estimate of drug-likeness (QED) is 0.755. The summed E-state index contributed by atoms with van der Waals surface area (Å²) in [5.74, 6) is 0.270. The lowest BCUT2D eigenvalue weighted by atomic mass is 9.73. The average Bonchev–Trinajstić information content (AvgIpc) is 2.19. The first kappa shape index (κ1) is 12.0. The Morgan fingerprint density at radius 1 is 1.21 bits per heavy atom. The van der Waals surface area contributed by atoms with Crippen molar-refractivity contribution in [2.24, 2.45) is 5.92 Å². The van der Waals surface area contributed by atoms with Crippen molar-refractivity contribution in [2.75, 3.05) is 20.3 Å². The minimum atomic E-state index is -0.786. The van der Waals surface area contributed by atoms with Crippen molar-refractivity contribution in [3.05, 3.63) is 0 Å². The van der Waals surface area contributed by atoms with Crippen LogP contribution in [0.15, 0.2) is 0 Å². The fraction of sp³-hybridized carbons (Fsp3) is 1.00. The Morgan fingerprint density at radius 2 is 1.71 bits per heavy atom. The average molecular weight is 202 g/mol. The van der Waals surface area contributed by atoms with Gasteiger partial charge < -0.3 is 14.6 Å². The molecule has 0 aromatic heterocycles. The molecule has 1 saturated heterocycles. The highest BCUT2D eigenvalue weighted by Gasteiger charge is 2.46. The molecule has 1 fully saturated rings. The lowest BCUT2D eigenvalue weighted by Crippen LogP contribution is -2.55. The van der Waals surface area contributed by atoms with Gasteiger partial charge in [0.25, 0.3) is 0 Å². The molecule has 3 heteroatoms. The van der Waals surface area contributed by atoms with Crippen LogP contribution in [0.4, 0.5) is 0 Å². The number of hydrogen-bond acceptors (Lipinski definition) is 3. The van der Waals surface area contributed by atoms with E-state index in [1.165, 1.54) is 0 Å². The molecule has 0 spiro atoms. The van der Waals surface area contributed by atoms with Gasteiger partial charge in [0.2, 0.25) is 0 Å². The molecule has 0 aromatic rings. The summed E-state index contributed by atoms with van der Waals surface area (Å²) in [5.41, 5.74) is -1.29. The van der Waals surface area contributed by atoms with Gasteiger partial charge in [-0.2, -0.15) is 0 Å². The van der Waals surface area contributed by atoms with Crippen LogP contribution in [-0.2, 0) is 9.47 Å². The van der Waals surface area contributed by atoms with Crippen molar-refractivity contribution in [2.45, 2.75) is 44.8 Å². The van der Waals surface area contributed by atoms with Crippen molar-refractivity contribution in [3.63, 3.8) is 0 Å². The maximum absolute atomic E-state index is 10.5. The molecule has 1 rings (SSSR count). The van der Waals surface area contributed by atoms with E-state index in [9.17, 15) is 5.11 Å². The van der Waals surface area contributed by atoms with Gasteiger partial charge in [0, 0.05) is 20.3 Å². The van der Waals surface area contributed by atoms with Gasteiger partial charge in [-0.25, -0.2) is 0 Å². The van der Waals surface area contributed by atoms with Gasteiger partial charge in [0.15, 0.2) is 0 Å². The number of methoxy groups -OCH3 is 1. The zero-order valence-electron chi connectivity index (χ0n) is 9.67. The van der Waals surface area contributed by atoms with E-state index in [0.717, 1.165) is 26.1 Å². The van der Waals surface area contributed by atoms with Gasteiger partial charge in [-0.15, -0.1) is 0 Å². The van der Waals surface area contributed by atoms with E-state index in [1.807, 2.05) is 20.8 Å². The van der Waals surface area contributed by atoms with Crippen LogP contribution in [0.25, 0.3) is 0 Å². The van der Waals surface area contributed by atoms with Crippen LogP contribution in [0.2, 0.25) is 0 Å².